The normalized spacial score (nSPS) is 17.2. The number of fused-ring (bicyclic) bond motifs is 2. The van der Waals surface area contributed by atoms with Crippen LogP contribution >= 0.6 is 0 Å². The number of aliphatic carboxylic acids is 3. The van der Waals surface area contributed by atoms with Gasteiger partial charge in [0.05, 0.1) is 43.8 Å². The number of carbonyl (C=O) groups excluding carboxylic acids is 4. The lowest BCUT2D eigenvalue weighted by molar-refractivity contribution is -0.140. The van der Waals surface area contributed by atoms with Crippen LogP contribution in [0.25, 0.3) is 33.1 Å². The minimum Gasteiger partial charge on any atom is -0.480 e. The van der Waals surface area contributed by atoms with Gasteiger partial charge in [-0.25, -0.2) is 4.98 Å². The highest BCUT2D eigenvalue weighted by Crippen LogP contribution is 2.28. The number of aromatic nitrogens is 2. The van der Waals surface area contributed by atoms with E-state index in [0.717, 1.165) is 11.1 Å². The molecule has 3 aromatic carbocycles. The number of pyridine rings is 1. The van der Waals surface area contributed by atoms with Gasteiger partial charge in [0.25, 0.3) is 11.8 Å². The fraction of sp³-hybridized carbons (Fsp3) is 0.420. The standard InChI is InChI=1S/C50H60N10O12/c61-42(29-56-19-21-57(30-44(63)64)23-25-59(32-46(67)68)26-24-58(22-20-56)31-45(65)66)52-15-4-16-53-48(70)34-10-8-33(9-11-34)35-12-13-38-37(27-35)36(14-17-51-38)49(71)54-28-43(62)60-18-3-6-40(60)47(69)50-55-39-5-1-2-7-41(39)72-50/h1-2,5,7-14,17,27,40,48,53,70H,3-4,6,15-16,18-26,28-32H2,(H,52,61)(H,54,71)(H,63,64)(H,65,66)(H,67,68)/t40-,48?/m0/s1. The average Bonchev–Trinajstić information content (AvgIpc) is 4.04. The maximum Gasteiger partial charge on any atom is 0.317 e. The van der Waals surface area contributed by atoms with Crippen LogP contribution in [-0.4, -0.2) is 207 Å². The molecule has 0 saturated carbocycles. The molecule has 0 aliphatic carbocycles. The number of nitrogens with one attached hydrogen (secondary N) is 3. The summed E-state index contributed by atoms with van der Waals surface area (Å²) >= 11 is 0. The van der Waals surface area contributed by atoms with Crippen LogP contribution in [0.2, 0.25) is 0 Å². The molecule has 4 heterocycles. The number of nitrogens with zero attached hydrogens (tertiary/aromatic N) is 7. The minimum atomic E-state index is -1.04. The summed E-state index contributed by atoms with van der Waals surface area (Å²) in [6, 6.07) is 20.6. The Hall–Kier alpha value is -7.21. The monoisotopic (exact) mass is 992 g/mol. The molecule has 7 rings (SSSR count). The van der Waals surface area contributed by atoms with Crippen molar-refractivity contribution in [3.8, 4) is 11.1 Å². The van der Waals surface area contributed by atoms with Gasteiger partial charge < -0.3 is 40.4 Å². The second-order valence-corrected chi connectivity index (χ2v) is 17.8. The molecular formula is C50H60N10O12. The summed E-state index contributed by atoms with van der Waals surface area (Å²) in [7, 11) is 0. The van der Waals surface area contributed by atoms with Crippen molar-refractivity contribution in [2.75, 3.05) is 105 Å². The Morgan fingerprint density at radius 2 is 1.26 bits per heavy atom. The summed E-state index contributed by atoms with van der Waals surface area (Å²) in [4.78, 5) is 105. The van der Waals surface area contributed by atoms with E-state index in [9.17, 15) is 54.0 Å². The fourth-order valence-corrected chi connectivity index (χ4v) is 8.91. The van der Waals surface area contributed by atoms with E-state index in [1.54, 1.807) is 63.2 Å². The third-order valence-electron chi connectivity index (χ3n) is 12.7. The third-order valence-corrected chi connectivity index (χ3v) is 12.7. The number of para-hydroxylation sites is 2. The zero-order valence-electron chi connectivity index (χ0n) is 39.8. The number of hydrogen-bond acceptors (Lipinski definition) is 16. The Balaban J connectivity index is 0.875. The van der Waals surface area contributed by atoms with Gasteiger partial charge in [-0.15, -0.1) is 0 Å². The van der Waals surface area contributed by atoms with Gasteiger partial charge in [0.1, 0.15) is 17.8 Å². The van der Waals surface area contributed by atoms with Crippen LogP contribution in [0, 0.1) is 0 Å². The molecule has 72 heavy (non-hydrogen) atoms. The Kier molecular flexibility index (Phi) is 18.5. The van der Waals surface area contributed by atoms with Crippen molar-refractivity contribution < 1.29 is 58.4 Å². The number of aliphatic hydroxyl groups excluding tert-OH is 1. The Bertz CT molecular complexity index is 2670. The quantitative estimate of drug-likeness (QED) is 0.0328. The zero-order valence-corrected chi connectivity index (χ0v) is 39.8. The van der Waals surface area contributed by atoms with Gasteiger partial charge in [-0.2, -0.15) is 0 Å². The van der Waals surface area contributed by atoms with Crippen molar-refractivity contribution in [2.45, 2.75) is 31.5 Å². The van der Waals surface area contributed by atoms with Crippen LogP contribution in [0.5, 0.6) is 0 Å². The highest BCUT2D eigenvalue weighted by molar-refractivity contribution is 6.08. The topological polar surface area (TPSA) is 292 Å². The molecule has 22 heteroatoms. The summed E-state index contributed by atoms with van der Waals surface area (Å²) in [5.74, 6) is -4.69. The molecular weight excluding hydrogens is 933 g/mol. The number of rotatable bonds is 20. The predicted octanol–water partition coefficient (Wildman–Crippen LogP) is 1.21. The number of carbonyl (C=O) groups is 7. The Morgan fingerprint density at radius 1 is 0.667 bits per heavy atom. The molecule has 2 aromatic heterocycles. The second-order valence-electron chi connectivity index (χ2n) is 17.8. The number of aliphatic hydroxyl groups is 1. The SMILES string of the molecule is O=C(O)CN1CCN(CC(=O)O)CCN(CC(=O)NCCCNC(O)c2ccc(-c3ccc4nccc(C(=O)NCC(=O)N5CCC[C@H]5C(=O)c5nc6ccccc6o5)c4c3)cc2)CCN(CC(=O)O)CC1. The lowest BCUT2D eigenvalue weighted by Gasteiger charge is -2.32. The molecule has 382 valence electrons. The van der Waals surface area contributed by atoms with Crippen LogP contribution in [0.3, 0.4) is 0 Å². The van der Waals surface area contributed by atoms with Crippen molar-refractivity contribution >= 4 is 63.4 Å². The van der Waals surface area contributed by atoms with E-state index < -0.39 is 42.0 Å². The maximum atomic E-state index is 13.6. The van der Waals surface area contributed by atoms with Crippen molar-refractivity contribution in [1.29, 1.82) is 0 Å². The molecule has 0 bridgehead atoms. The molecule has 1 unspecified atom stereocenters. The molecule has 2 saturated heterocycles. The van der Waals surface area contributed by atoms with Crippen LogP contribution in [0.4, 0.5) is 0 Å². The number of likely N-dealkylation sites (tertiary alicyclic amines) is 1. The molecule has 2 atom stereocenters. The summed E-state index contributed by atoms with van der Waals surface area (Å²) in [6.07, 6.45) is 2.08. The van der Waals surface area contributed by atoms with E-state index in [1.165, 1.54) is 11.1 Å². The summed E-state index contributed by atoms with van der Waals surface area (Å²) in [6.45, 7) is 2.26. The third kappa shape index (κ3) is 14.7. The van der Waals surface area contributed by atoms with Gasteiger partial charge in [0.2, 0.25) is 17.6 Å². The number of carboxylic acids is 3. The van der Waals surface area contributed by atoms with Crippen molar-refractivity contribution in [3.63, 3.8) is 0 Å². The first kappa shape index (κ1) is 52.6. The van der Waals surface area contributed by atoms with Crippen molar-refractivity contribution in [2.24, 2.45) is 0 Å². The molecule has 22 nitrogen and oxygen atoms in total. The largest absolute Gasteiger partial charge is 0.480 e. The first-order valence-corrected chi connectivity index (χ1v) is 23.9. The molecule has 0 radical (unpaired) electrons. The highest BCUT2D eigenvalue weighted by atomic mass is 16.4. The smallest absolute Gasteiger partial charge is 0.317 e. The van der Waals surface area contributed by atoms with Crippen molar-refractivity contribution in [1.82, 2.24) is 50.4 Å². The van der Waals surface area contributed by atoms with E-state index >= 15 is 0 Å². The number of benzene rings is 3. The first-order valence-electron chi connectivity index (χ1n) is 23.9. The van der Waals surface area contributed by atoms with E-state index in [4.69, 9.17) is 4.42 Å². The number of oxazole rings is 1. The Morgan fingerprint density at radius 3 is 1.88 bits per heavy atom. The molecule has 2 aliphatic heterocycles. The second kappa shape index (κ2) is 25.3. The fourth-order valence-electron chi connectivity index (χ4n) is 8.91. The summed E-state index contributed by atoms with van der Waals surface area (Å²) in [5, 5.41) is 48.5. The van der Waals surface area contributed by atoms with Gasteiger partial charge >= 0.3 is 17.9 Å². The van der Waals surface area contributed by atoms with Gasteiger partial charge in [0.15, 0.2) is 5.58 Å². The molecule has 2 fully saturated rings. The van der Waals surface area contributed by atoms with Gasteiger partial charge in [-0.05, 0) is 72.8 Å². The summed E-state index contributed by atoms with van der Waals surface area (Å²) in [5.41, 5.74) is 4.13. The van der Waals surface area contributed by atoms with E-state index in [1.807, 2.05) is 29.2 Å². The number of ketones is 1. The van der Waals surface area contributed by atoms with Gasteiger partial charge in [-0.1, -0.05) is 42.5 Å². The van der Waals surface area contributed by atoms with Crippen LogP contribution in [-0.2, 0) is 24.0 Å². The van der Waals surface area contributed by atoms with Crippen LogP contribution in [0.1, 0.15) is 52.1 Å². The van der Waals surface area contributed by atoms with Gasteiger partial charge in [-0.3, -0.25) is 63.5 Å². The molecule has 5 aromatic rings. The molecule has 7 N–H and O–H groups in total. The highest BCUT2D eigenvalue weighted by Gasteiger charge is 2.37. The molecule has 0 spiro atoms. The van der Waals surface area contributed by atoms with E-state index in [-0.39, 0.29) is 76.5 Å². The summed E-state index contributed by atoms with van der Waals surface area (Å²) < 4.78 is 5.68. The lowest BCUT2D eigenvalue weighted by Crippen LogP contribution is -2.49. The van der Waals surface area contributed by atoms with Crippen LogP contribution < -0.4 is 16.0 Å². The number of hydrogen-bond donors (Lipinski definition) is 7. The number of carboxylic acid groups (broad SMARTS) is 3. The first-order chi connectivity index (χ1) is 34.7. The van der Waals surface area contributed by atoms with Crippen LogP contribution in [0.15, 0.2) is 83.4 Å². The maximum absolute atomic E-state index is 13.6. The van der Waals surface area contributed by atoms with Crippen molar-refractivity contribution in [3.05, 3.63) is 96.0 Å². The molecule has 3 amide bonds. The lowest BCUT2D eigenvalue weighted by atomic mass is 9.99. The number of amides is 3. The van der Waals surface area contributed by atoms with Gasteiger partial charge in [0, 0.05) is 77.0 Å². The van der Waals surface area contributed by atoms with E-state index in [2.05, 4.69) is 25.9 Å². The Labute approximate surface area is 414 Å². The number of Topliss-reactive ketones (excluding diaryl/α,β-unsaturated/α-hetero) is 1. The zero-order chi connectivity index (χ0) is 51.1. The predicted molar refractivity (Wildman–Crippen MR) is 262 cm³/mol. The van der Waals surface area contributed by atoms with E-state index in [0.29, 0.717) is 98.2 Å². The average molecular weight is 993 g/mol. The molecule has 2 aliphatic rings. The minimum absolute atomic E-state index is 0.00718.